The SMILES string of the molecule is C[C@H]1Cc2c(COc3ccccc3)nc3c(c2CO1)CNCC3. The summed E-state index contributed by atoms with van der Waals surface area (Å²) in [6, 6.07) is 9.96. The first-order chi connectivity index (χ1) is 11.3. The topological polar surface area (TPSA) is 43.4 Å². The van der Waals surface area contributed by atoms with E-state index in [0.29, 0.717) is 13.2 Å². The summed E-state index contributed by atoms with van der Waals surface area (Å²) in [5, 5.41) is 3.45. The molecule has 4 rings (SSSR count). The van der Waals surface area contributed by atoms with Gasteiger partial charge in [-0.15, -0.1) is 0 Å². The van der Waals surface area contributed by atoms with E-state index in [1.807, 2.05) is 30.3 Å². The van der Waals surface area contributed by atoms with Crippen molar-refractivity contribution in [2.45, 2.75) is 45.6 Å². The molecule has 2 aliphatic heterocycles. The molecule has 23 heavy (non-hydrogen) atoms. The van der Waals surface area contributed by atoms with Crippen molar-refractivity contribution in [1.29, 1.82) is 0 Å². The minimum atomic E-state index is 0.245. The molecule has 1 N–H and O–H groups in total. The summed E-state index contributed by atoms with van der Waals surface area (Å²) in [7, 11) is 0. The van der Waals surface area contributed by atoms with Crippen molar-refractivity contribution in [1.82, 2.24) is 10.3 Å². The van der Waals surface area contributed by atoms with E-state index in [1.165, 1.54) is 22.4 Å². The fraction of sp³-hybridized carbons (Fsp3) is 0.421. The van der Waals surface area contributed by atoms with Crippen LogP contribution in [0.15, 0.2) is 30.3 Å². The van der Waals surface area contributed by atoms with Crippen LogP contribution < -0.4 is 10.1 Å². The third kappa shape index (κ3) is 2.96. The quantitative estimate of drug-likeness (QED) is 0.947. The fourth-order valence-electron chi connectivity index (χ4n) is 3.44. The van der Waals surface area contributed by atoms with Crippen LogP contribution in [0.3, 0.4) is 0 Å². The molecule has 4 heteroatoms. The van der Waals surface area contributed by atoms with Gasteiger partial charge in [0, 0.05) is 31.6 Å². The molecule has 0 aliphatic carbocycles. The largest absolute Gasteiger partial charge is 0.487 e. The van der Waals surface area contributed by atoms with E-state index in [-0.39, 0.29) is 6.10 Å². The lowest BCUT2D eigenvalue weighted by molar-refractivity contribution is 0.0394. The Kier molecular flexibility index (Phi) is 4.02. The highest BCUT2D eigenvalue weighted by Gasteiger charge is 2.26. The monoisotopic (exact) mass is 310 g/mol. The van der Waals surface area contributed by atoms with Crippen LogP contribution in [0.2, 0.25) is 0 Å². The van der Waals surface area contributed by atoms with Gasteiger partial charge in [0.2, 0.25) is 0 Å². The van der Waals surface area contributed by atoms with Gasteiger partial charge in [-0.3, -0.25) is 4.98 Å². The summed E-state index contributed by atoms with van der Waals surface area (Å²) >= 11 is 0. The lowest BCUT2D eigenvalue weighted by Gasteiger charge is -2.30. The van der Waals surface area contributed by atoms with Gasteiger partial charge in [0.1, 0.15) is 12.4 Å². The number of benzene rings is 1. The molecule has 0 saturated carbocycles. The molecular formula is C19H22N2O2. The predicted molar refractivity (Wildman–Crippen MR) is 88.4 cm³/mol. The van der Waals surface area contributed by atoms with Gasteiger partial charge < -0.3 is 14.8 Å². The Morgan fingerprint density at radius 3 is 2.96 bits per heavy atom. The number of hydrogen-bond acceptors (Lipinski definition) is 4. The minimum absolute atomic E-state index is 0.245. The average Bonchev–Trinajstić information content (AvgIpc) is 2.60. The molecule has 1 atom stereocenters. The Hall–Kier alpha value is -1.91. The third-order valence-corrected chi connectivity index (χ3v) is 4.66. The Bertz CT molecular complexity index is 700. The van der Waals surface area contributed by atoms with Gasteiger partial charge in [-0.25, -0.2) is 0 Å². The van der Waals surface area contributed by atoms with Crippen LogP contribution in [0, 0.1) is 0 Å². The number of pyridine rings is 1. The van der Waals surface area contributed by atoms with Crippen LogP contribution in [0.4, 0.5) is 0 Å². The van der Waals surface area contributed by atoms with E-state index >= 15 is 0 Å². The first-order valence-corrected chi connectivity index (χ1v) is 8.34. The Morgan fingerprint density at radius 1 is 1.22 bits per heavy atom. The van der Waals surface area contributed by atoms with Crippen molar-refractivity contribution in [2.24, 2.45) is 0 Å². The van der Waals surface area contributed by atoms with E-state index in [4.69, 9.17) is 14.5 Å². The summed E-state index contributed by atoms with van der Waals surface area (Å²) in [4.78, 5) is 4.96. The minimum Gasteiger partial charge on any atom is -0.487 e. The number of nitrogens with zero attached hydrogens (tertiary/aromatic N) is 1. The second-order valence-electron chi connectivity index (χ2n) is 6.30. The zero-order chi connectivity index (χ0) is 15.6. The highest BCUT2D eigenvalue weighted by molar-refractivity contribution is 5.43. The van der Waals surface area contributed by atoms with Gasteiger partial charge in [0.05, 0.1) is 18.4 Å². The molecule has 0 fully saturated rings. The zero-order valence-electron chi connectivity index (χ0n) is 13.5. The van der Waals surface area contributed by atoms with Crippen molar-refractivity contribution < 1.29 is 9.47 Å². The summed E-state index contributed by atoms with van der Waals surface area (Å²) in [6.07, 6.45) is 2.15. The third-order valence-electron chi connectivity index (χ3n) is 4.66. The molecular weight excluding hydrogens is 288 g/mol. The van der Waals surface area contributed by atoms with Gasteiger partial charge in [-0.1, -0.05) is 18.2 Å². The van der Waals surface area contributed by atoms with Crippen LogP contribution in [-0.4, -0.2) is 17.6 Å². The van der Waals surface area contributed by atoms with E-state index < -0.39 is 0 Å². The highest BCUT2D eigenvalue weighted by atomic mass is 16.5. The first-order valence-electron chi connectivity index (χ1n) is 8.34. The molecule has 0 unspecified atom stereocenters. The molecule has 1 aromatic carbocycles. The number of nitrogens with one attached hydrogen (secondary N) is 1. The molecule has 2 aliphatic rings. The Morgan fingerprint density at radius 2 is 2.09 bits per heavy atom. The van der Waals surface area contributed by atoms with Gasteiger partial charge >= 0.3 is 0 Å². The van der Waals surface area contributed by atoms with Gasteiger partial charge in [0.25, 0.3) is 0 Å². The molecule has 120 valence electrons. The highest BCUT2D eigenvalue weighted by Crippen LogP contribution is 2.30. The van der Waals surface area contributed by atoms with Crippen LogP contribution >= 0.6 is 0 Å². The van der Waals surface area contributed by atoms with Crippen molar-refractivity contribution in [3.05, 3.63) is 58.4 Å². The number of para-hydroxylation sites is 1. The number of fused-ring (bicyclic) bond motifs is 3. The van der Waals surface area contributed by atoms with Crippen molar-refractivity contribution in [2.75, 3.05) is 6.54 Å². The molecule has 3 heterocycles. The normalized spacial score (nSPS) is 19.8. The van der Waals surface area contributed by atoms with Crippen LogP contribution in [0.25, 0.3) is 0 Å². The maximum Gasteiger partial charge on any atom is 0.130 e. The Balaban J connectivity index is 1.68. The standard InChI is InChI=1S/C19H22N2O2/c1-13-9-15-17(11-22-13)16-10-20-8-7-18(16)21-19(15)12-23-14-5-3-2-4-6-14/h2-6,13,20H,7-12H2,1H3/t13-/m0/s1. The molecule has 0 bridgehead atoms. The molecule has 4 nitrogen and oxygen atoms in total. The van der Waals surface area contributed by atoms with Crippen molar-refractivity contribution in [3.8, 4) is 5.75 Å². The van der Waals surface area contributed by atoms with Crippen LogP contribution in [0.1, 0.15) is 35.0 Å². The molecule has 0 saturated heterocycles. The number of aromatic nitrogens is 1. The zero-order valence-corrected chi connectivity index (χ0v) is 13.5. The number of hydrogen-bond donors (Lipinski definition) is 1. The fourth-order valence-corrected chi connectivity index (χ4v) is 3.44. The van der Waals surface area contributed by atoms with E-state index in [0.717, 1.165) is 37.4 Å². The van der Waals surface area contributed by atoms with Crippen molar-refractivity contribution in [3.63, 3.8) is 0 Å². The Labute approximate surface area is 136 Å². The summed E-state index contributed by atoms with van der Waals surface area (Å²) in [5.74, 6) is 0.891. The summed E-state index contributed by atoms with van der Waals surface area (Å²) < 4.78 is 11.9. The maximum atomic E-state index is 5.97. The second kappa shape index (κ2) is 6.30. The van der Waals surface area contributed by atoms with E-state index in [9.17, 15) is 0 Å². The van der Waals surface area contributed by atoms with Crippen LogP contribution in [0.5, 0.6) is 5.75 Å². The van der Waals surface area contributed by atoms with Crippen LogP contribution in [-0.2, 0) is 37.3 Å². The molecule has 0 amide bonds. The summed E-state index contributed by atoms with van der Waals surface area (Å²) in [6.45, 7) is 5.25. The van der Waals surface area contributed by atoms with Gasteiger partial charge in [0.15, 0.2) is 0 Å². The van der Waals surface area contributed by atoms with Gasteiger partial charge in [-0.05, 0) is 35.7 Å². The number of ether oxygens (including phenoxy) is 2. The van der Waals surface area contributed by atoms with Gasteiger partial charge in [-0.2, -0.15) is 0 Å². The summed E-state index contributed by atoms with van der Waals surface area (Å²) in [5.41, 5.74) is 6.32. The molecule has 0 spiro atoms. The molecule has 2 aromatic rings. The molecule has 1 aromatic heterocycles. The maximum absolute atomic E-state index is 5.97. The second-order valence-corrected chi connectivity index (χ2v) is 6.30. The average molecular weight is 310 g/mol. The molecule has 0 radical (unpaired) electrons. The van der Waals surface area contributed by atoms with Crippen molar-refractivity contribution >= 4 is 0 Å². The number of rotatable bonds is 3. The lowest BCUT2D eigenvalue weighted by Crippen LogP contribution is -2.31. The van der Waals surface area contributed by atoms with E-state index in [2.05, 4.69) is 12.2 Å². The lowest BCUT2D eigenvalue weighted by atomic mass is 9.91. The predicted octanol–water partition coefficient (Wildman–Crippen LogP) is 2.77. The first kappa shape index (κ1) is 14.7. The van der Waals surface area contributed by atoms with E-state index in [1.54, 1.807) is 0 Å². The smallest absolute Gasteiger partial charge is 0.130 e.